The lowest BCUT2D eigenvalue weighted by atomic mass is 9.85. The molecule has 54 heavy (non-hydrogen) atoms. The van der Waals surface area contributed by atoms with Crippen molar-refractivity contribution >= 4 is 106 Å². The molecule has 0 atom stereocenters. The standard InChI is InChI=1S/C52H30S2/c1-2-10-34-25-38(22-19-31(34)9-1)52-41-15-7-5-13-39(41)51(40-14-6-8-16-42(40)52)33-20-17-32(18-21-33)37-23-24-47-43(27-37)45-29-50-46(30-49(45)53-47)44-26-35-11-3-4-12-36(35)28-48(44)54-50/h1-30H. The Morgan fingerprint density at radius 1 is 0.222 bits per heavy atom. The summed E-state index contributed by atoms with van der Waals surface area (Å²) < 4.78 is 5.40. The Balaban J connectivity index is 0.979. The summed E-state index contributed by atoms with van der Waals surface area (Å²) in [4.78, 5) is 0. The summed E-state index contributed by atoms with van der Waals surface area (Å²) in [5.41, 5.74) is 7.55. The van der Waals surface area contributed by atoms with Crippen molar-refractivity contribution in [3.8, 4) is 33.4 Å². The molecule has 0 aliphatic heterocycles. The third-order valence-electron chi connectivity index (χ3n) is 11.4. The van der Waals surface area contributed by atoms with Crippen LogP contribution in [0.15, 0.2) is 182 Å². The average Bonchev–Trinajstić information content (AvgIpc) is 3.76. The van der Waals surface area contributed by atoms with E-state index in [1.807, 2.05) is 22.7 Å². The fourth-order valence-electron chi connectivity index (χ4n) is 8.83. The van der Waals surface area contributed by atoms with Gasteiger partial charge in [0.15, 0.2) is 0 Å². The SMILES string of the molecule is c1ccc2cc(-c3c4ccccc4c(-c4ccc(-c5ccc6sc7cc8c(cc7c6c5)sc5cc6ccccc6cc58)cc4)c4ccccc34)ccc2c1. The summed E-state index contributed by atoms with van der Waals surface area (Å²) in [5.74, 6) is 0. The van der Waals surface area contributed by atoms with Crippen molar-refractivity contribution in [2.45, 2.75) is 0 Å². The molecule has 2 aromatic heterocycles. The first-order valence-electron chi connectivity index (χ1n) is 18.5. The van der Waals surface area contributed by atoms with E-state index in [2.05, 4.69) is 182 Å². The smallest absolute Gasteiger partial charge is 0.0362 e. The number of fused-ring (bicyclic) bond motifs is 10. The zero-order valence-electron chi connectivity index (χ0n) is 29.1. The van der Waals surface area contributed by atoms with E-state index in [9.17, 15) is 0 Å². The molecule has 0 amide bonds. The zero-order valence-corrected chi connectivity index (χ0v) is 30.8. The molecule has 0 unspecified atom stereocenters. The predicted octanol–water partition coefficient (Wildman–Crippen LogP) is 16.0. The Labute approximate surface area is 319 Å². The van der Waals surface area contributed by atoms with Gasteiger partial charge in [0, 0.05) is 40.3 Å². The maximum absolute atomic E-state index is 2.43. The van der Waals surface area contributed by atoms with Crippen molar-refractivity contribution in [2.24, 2.45) is 0 Å². The summed E-state index contributed by atoms with van der Waals surface area (Å²) in [5, 5.41) is 15.7. The van der Waals surface area contributed by atoms with Gasteiger partial charge in [0.25, 0.3) is 0 Å². The van der Waals surface area contributed by atoms with Crippen molar-refractivity contribution < 1.29 is 0 Å². The van der Waals surface area contributed by atoms with Gasteiger partial charge in [-0.25, -0.2) is 0 Å². The second-order valence-electron chi connectivity index (χ2n) is 14.4. The number of hydrogen-bond acceptors (Lipinski definition) is 2. The van der Waals surface area contributed by atoms with Crippen LogP contribution in [0.1, 0.15) is 0 Å². The summed E-state index contributed by atoms with van der Waals surface area (Å²) >= 11 is 3.81. The quantitative estimate of drug-likeness (QED) is 0.160. The highest BCUT2D eigenvalue weighted by Crippen LogP contribution is 2.46. The molecular weight excluding hydrogens is 689 g/mol. The van der Waals surface area contributed by atoms with Gasteiger partial charge >= 0.3 is 0 Å². The van der Waals surface area contributed by atoms with Crippen molar-refractivity contribution in [3.05, 3.63) is 182 Å². The van der Waals surface area contributed by atoms with E-state index in [-0.39, 0.29) is 0 Å². The molecule has 0 fully saturated rings. The van der Waals surface area contributed by atoms with Crippen LogP contribution in [0.4, 0.5) is 0 Å². The molecule has 0 nitrogen and oxygen atoms in total. The number of hydrogen-bond donors (Lipinski definition) is 0. The van der Waals surface area contributed by atoms with Crippen molar-refractivity contribution in [1.82, 2.24) is 0 Å². The molecule has 0 bridgehead atoms. The third kappa shape index (κ3) is 4.54. The second-order valence-corrected chi connectivity index (χ2v) is 16.6. The molecule has 12 aromatic rings. The monoisotopic (exact) mass is 718 g/mol. The van der Waals surface area contributed by atoms with Crippen LogP contribution in [-0.2, 0) is 0 Å². The van der Waals surface area contributed by atoms with E-state index in [0.29, 0.717) is 0 Å². The van der Waals surface area contributed by atoms with E-state index >= 15 is 0 Å². The Bertz CT molecular complexity index is 3430. The van der Waals surface area contributed by atoms with Gasteiger partial charge in [0.1, 0.15) is 0 Å². The Morgan fingerprint density at radius 2 is 0.648 bits per heavy atom. The third-order valence-corrected chi connectivity index (χ3v) is 13.7. The minimum absolute atomic E-state index is 1.23. The minimum Gasteiger partial charge on any atom is -0.135 e. The van der Waals surface area contributed by atoms with E-state index in [0.717, 1.165) is 0 Å². The fourth-order valence-corrected chi connectivity index (χ4v) is 11.1. The van der Waals surface area contributed by atoms with Crippen molar-refractivity contribution in [1.29, 1.82) is 0 Å². The van der Waals surface area contributed by atoms with Crippen LogP contribution in [-0.4, -0.2) is 0 Å². The number of rotatable bonds is 3. The Hall–Kier alpha value is -6.32. The lowest BCUT2D eigenvalue weighted by molar-refractivity contribution is 1.63. The topological polar surface area (TPSA) is 0 Å². The Kier molecular flexibility index (Phi) is 6.48. The molecule has 250 valence electrons. The lowest BCUT2D eigenvalue weighted by Gasteiger charge is -2.18. The minimum atomic E-state index is 1.23. The molecule has 0 saturated heterocycles. The largest absolute Gasteiger partial charge is 0.135 e. The van der Waals surface area contributed by atoms with E-state index in [4.69, 9.17) is 0 Å². The lowest BCUT2D eigenvalue weighted by Crippen LogP contribution is -1.91. The number of thiophene rings is 2. The number of benzene rings is 10. The predicted molar refractivity (Wildman–Crippen MR) is 239 cm³/mol. The van der Waals surface area contributed by atoms with E-state index < -0.39 is 0 Å². The summed E-state index contributed by atoms with van der Waals surface area (Å²) in [7, 11) is 0. The fraction of sp³-hybridized carbons (Fsp3) is 0. The van der Waals surface area contributed by atoms with Gasteiger partial charge in [-0.15, -0.1) is 22.7 Å². The Morgan fingerprint density at radius 3 is 1.30 bits per heavy atom. The van der Waals surface area contributed by atoms with Gasteiger partial charge in [0.05, 0.1) is 0 Å². The first kappa shape index (κ1) is 30.2. The molecule has 0 spiro atoms. The summed E-state index contributed by atoms with van der Waals surface area (Å²) in [6.45, 7) is 0. The first-order chi connectivity index (χ1) is 26.7. The molecule has 0 N–H and O–H groups in total. The average molecular weight is 719 g/mol. The first-order valence-corrected chi connectivity index (χ1v) is 20.1. The van der Waals surface area contributed by atoms with Crippen LogP contribution < -0.4 is 0 Å². The summed E-state index contributed by atoms with van der Waals surface area (Å²) in [6.07, 6.45) is 0. The van der Waals surface area contributed by atoms with Crippen LogP contribution in [0.2, 0.25) is 0 Å². The summed E-state index contributed by atoms with van der Waals surface area (Å²) in [6, 6.07) is 67.9. The van der Waals surface area contributed by atoms with E-state index in [1.54, 1.807) is 0 Å². The highest BCUT2D eigenvalue weighted by atomic mass is 32.1. The maximum atomic E-state index is 2.43. The molecule has 0 saturated carbocycles. The molecule has 0 aliphatic rings. The molecule has 2 heterocycles. The highest BCUT2D eigenvalue weighted by Gasteiger charge is 2.18. The second kappa shape index (κ2) is 11.6. The van der Waals surface area contributed by atoms with Gasteiger partial charge < -0.3 is 0 Å². The highest BCUT2D eigenvalue weighted by molar-refractivity contribution is 7.27. The van der Waals surface area contributed by atoms with Gasteiger partial charge in [-0.2, -0.15) is 0 Å². The molecular formula is C52H30S2. The molecule has 12 rings (SSSR count). The van der Waals surface area contributed by atoms with Crippen LogP contribution in [0.3, 0.4) is 0 Å². The zero-order chi connectivity index (χ0) is 35.3. The van der Waals surface area contributed by atoms with Crippen molar-refractivity contribution in [3.63, 3.8) is 0 Å². The molecule has 2 heteroatoms. The van der Waals surface area contributed by atoms with Gasteiger partial charge in [-0.1, -0.05) is 140 Å². The maximum Gasteiger partial charge on any atom is 0.0362 e. The van der Waals surface area contributed by atoms with Crippen molar-refractivity contribution in [2.75, 3.05) is 0 Å². The molecule has 10 aromatic carbocycles. The van der Waals surface area contributed by atoms with E-state index in [1.165, 1.54) is 117 Å². The van der Waals surface area contributed by atoms with Crippen LogP contribution in [0, 0.1) is 0 Å². The van der Waals surface area contributed by atoms with Gasteiger partial charge in [0.2, 0.25) is 0 Å². The van der Waals surface area contributed by atoms with Gasteiger partial charge in [-0.05, 0) is 119 Å². The van der Waals surface area contributed by atoms with Crippen LogP contribution in [0.25, 0.3) is 117 Å². The van der Waals surface area contributed by atoms with Crippen LogP contribution in [0.5, 0.6) is 0 Å². The normalized spacial score (nSPS) is 12.1. The molecule has 0 radical (unpaired) electrons. The van der Waals surface area contributed by atoms with Crippen LogP contribution >= 0.6 is 22.7 Å². The van der Waals surface area contributed by atoms with Gasteiger partial charge in [-0.3, -0.25) is 0 Å². The molecule has 0 aliphatic carbocycles.